The van der Waals surface area contributed by atoms with Crippen molar-refractivity contribution in [1.82, 2.24) is 14.9 Å². The highest BCUT2D eigenvalue weighted by molar-refractivity contribution is 5.78. The van der Waals surface area contributed by atoms with Crippen LogP contribution in [0.2, 0.25) is 0 Å². The van der Waals surface area contributed by atoms with Crippen LogP contribution in [0.4, 0.5) is 0 Å². The van der Waals surface area contributed by atoms with Crippen molar-refractivity contribution in [3.8, 4) is 11.4 Å². The van der Waals surface area contributed by atoms with Crippen LogP contribution in [0, 0.1) is 5.92 Å². The maximum Gasteiger partial charge on any atom is 0.223 e. The SMILES string of the molecule is O=C(CC1CC1)N1CC2(C1)OCc1nc(-c3ccccc3)ncc12. The Morgan fingerprint density at radius 3 is 2.79 bits per heavy atom. The molecule has 1 amide bonds. The summed E-state index contributed by atoms with van der Waals surface area (Å²) in [6, 6.07) is 9.97. The fraction of sp³-hybridized carbons (Fsp3) is 0.421. The van der Waals surface area contributed by atoms with Gasteiger partial charge >= 0.3 is 0 Å². The van der Waals surface area contributed by atoms with Crippen LogP contribution >= 0.6 is 0 Å². The van der Waals surface area contributed by atoms with E-state index in [-0.39, 0.29) is 11.5 Å². The molecule has 2 fully saturated rings. The number of amides is 1. The number of nitrogens with zero attached hydrogens (tertiary/aromatic N) is 3. The Labute approximate surface area is 140 Å². The minimum Gasteiger partial charge on any atom is -0.360 e. The van der Waals surface area contributed by atoms with E-state index < -0.39 is 0 Å². The molecule has 5 heteroatoms. The summed E-state index contributed by atoms with van der Waals surface area (Å²) < 4.78 is 6.04. The van der Waals surface area contributed by atoms with Gasteiger partial charge in [0.15, 0.2) is 5.82 Å². The zero-order chi connectivity index (χ0) is 16.1. The lowest BCUT2D eigenvalue weighted by Crippen LogP contribution is -2.61. The second-order valence-electron chi connectivity index (χ2n) is 7.10. The molecule has 0 atom stereocenters. The van der Waals surface area contributed by atoms with Crippen molar-refractivity contribution in [2.24, 2.45) is 5.92 Å². The molecule has 0 radical (unpaired) electrons. The molecule has 3 heterocycles. The molecule has 1 aromatic carbocycles. The summed E-state index contributed by atoms with van der Waals surface area (Å²) >= 11 is 0. The molecule has 2 aliphatic heterocycles. The summed E-state index contributed by atoms with van der Waals surface area (Å²) in [6.45, 7) is 1.78. The Bertz CT molecular complexity index is 796. The average Bonchev–Trinajstić information content (AvgIpc) is 3.31. The number of benzene rings is 1. The lowest BCUT2D eigenvalue weighted by Gasteiger charge is -2.47. The van der Waals surface area contributed by atoms with E-state index in [0.717, 1.165) is 22.6 Å². The van der Waals surface area contributed by atoms with Gasteiger partial charge in [0.2, 0.25) is 5.91 Å². The number of carbonyl (C=O) groups excluding carboxylic acids is 1. The van der Waals surface area contributed by atoms with Crippen LogP contribution in [-0.4, -0.2) is 33.9 Å². The van der Waals surface area contributed by atoms with E-state index in [9.17, 15) is 4.79 Å². The third-order valence-electron chi connectivity index (χ3n) is 5.28. The van der Waals surface area contributed by atoms with Gasteiger partial charge in [-0.25, -0.2) is 9.97 Å². The summed E-state index contributed by atoms with van der Waals surface area (Å²) in [4.78, 5) is 23.3. The second kappa shape index (κ2) is 5.11. The van der Waals surface area contributed by atoms with Crippen LogP contribution in [0.5, 0.6) is 0 Å². The van der Waals surface area contributed by atoms with Gasteiger partial charge in [-0.1, -0.05) is 30.3 Å². The lowest BCUT2D eigenvalue weighted by atomic mass is 9.87. The Morgan fingerprint density at radius 1 is 1.25 bits per heavy atom. The molecule has 5 nitrogen and oxygen atoms in total. The van der Waals surface area contributed by atoms with Gasteiger partial charge in [-0.05, 0) is 18.8 Å². The van der Waals surface area contributed by atoms with Crippen LogP contribution < -0.4 is 0 Å². The lowest BCUT2D eigenvalue weighted by molar-refractivity contribution is -0.169. The molecule has 1 spiro atoms. The highest BCUT2D eigenvalue weighted by atomic mass is 16.5. The number of hydrogen-bond donors (Lipinski definition) is 0. The number of ether oxygens (including phenoxy) is 1. The van der Waals surface area contributed by atoms with Crippen LogP contribution in [0.25, 0.3) is 11.4 Å². The highest BCUT2D eigenvalue weighted by Gasteiger charge is 2.52. The predicted molar refractivity (Wildman–Crippen MR) is 87.9 cm³/mol. The molecule has 2 aromatic rings. The van der Waals surface area contributed by atoms with Crippen molar-refractivity contribution in [3.05, 3.63) is 47.8 Å². The van der Waals surface area contributed by atoms with Gasteiger partial charge in [0.05, 0.1) is 25.4 Å². The first-order valence-electron chi connectivity index (χ1n) is 8.57. The number of rotatable bonds is 3. The van der Waals surface area contributed by atoms with E-state index in [1.54, 1.807) is 0 Å². The molecule has 122 valence electrons. The van der Waals surface area contributed by atoms with E-state index >= 15 is 0 Å². The van der Waals surface area contributed by atoms with Gasteiger partial charge in [-0.15, -0.1) is 0 Å². The Balaban J connectivity index is 1.35. The van der Waals surface area contributed by atoms with Crippen LogP contribution in [0.3, 0.4) is 0 Å². The minimum atomic E-state index is -0.371. The third kappa shape index (κ3) is 2.23. The first kappa shape index (κ1) is 14.1. The highest BCUT2D eigenvalue weighted by Crippen LogP contribution is 2.44. The van der Waals surface area contributed by atoms with Gasteiger partial charge in [0.1, 0.15) is 5.60 Å². The zero-order valence-corrected chi connectivity index (χ0v) is 13.4. The topological polar surface area (TPSA) is 55.3 Å². The van der Waals surface area contributed by atoms with Crippen molar-refractivity contribution < 1.29 is 9.53 Å². The summed E-state index contributed by atoms with van der Waals surface area (Å²) in [7, 11) is 0. The molecule has 1 aliphatic carbocycles. The summed E-state index contributed by atoms with van der Waals surface area (Å²) in [5.41, 5.74) is 2.65. The number of aromatic nitrogens is 2. The Kier molecular flexibility index (Phi) is 3.00. The number of hydrogen-bond acceptors (Lipinski definition) is 4. The molecule has 5 rings (SSSR count). The summed E-state index contributed by atoms with van der Waals surface area (Å²) in [5.74, 6) is 1.63. The van der Waals surface area contributed by atoms with Gasteiger partial charge in [-0.2, -0.15) is 0 Å². The Hall–Kier alpha value is -2.27. The fourth-order valence-electron chi connectivity index (χ4n) is 3.62. The number of likely N-dealkylation sites (tertiary alicyclic amines) is 1. The fourth-order valence-corrected chi connectivity index (χ4v) is 3.62. The maximum atomic E-state index is 12.2. The largest absolute Gasteiger partial charge is 0.360 e. The first-order valence-corrected chi connectivity index (χ1v) is 8.57. The molecule has 24 heavy (non-hydrogen) atoms. The van der Waals surface area contributed by atoms with Crippen molar-refractivity contribution in [2.45, 2.75) is 31.5 Å². The van der Waals surface area contributed by atoms with Gasteiger partial charge in [0, 0.05) is 23.7 Å². The average molecular weight is 321 g/mol. The van der Waals surface area contributed by atoms with Gasteiger partial charge in [-0.3, -0.25) is 4.79 Å². The normalized spacial score (nSPS) is 20.8. The van der Waals surface area contributed by atoms with Crippen molar-refractivity contribution >= 4 is 5.91 Å². The summed E-state index contributed by atoms with van der Waals surface area (Å²) in [5, 5.41) is 0. The number of carbonyl (C=O) groups is 1. The zero-order valence-electron chi connectivity index (χ0n) is 13.4. The molecule has 0 bridgehead atoms. The minimum absolute atomic E-state index is 0.266. The van der Waals surface area contributed by atoms with E-state index in [4.69, 9.17) is 4.74 Å². The van der Waals surface area contributed by atoms with E-state index in [1.165, 1.54) is 12.8 Å². The molecule has 1 aromatic heterocycles. The quantitative estimate of drug-likeness (QED) is 0.871. The smallest absolute Gasteiger partial charge is 0.223 e. The van der Waals surface area contributed by atoms with Crippen molar-refractivity contribution in [1.29, 1.82) is 0 Å². The second-order valence-corrected chi connectivity index (χ2v) is 7.10. The third-order valence-corrected chi connectivity index (χ3v) is 5.28. The Morgan fingerprint density at radius 2 is 2.04 bits per heavy atom. The van der Waals surface area contributed by atoms with Crippen LogP contribution in [-0.2, 0) is 21.7 Å². The van der Waals surface area contributed by atoms with E-state index in [2.05, 4.69) is 9.97 Å². The molecule has 1 saturated heterocycles. The summed E-state index contributed by atoms with van der Waals surface area (Å²) in [6.07, 6.45) is 5.01. The standard InChI is InChI=1S/C19H19N3O2/c23-17(8-13-6-7-13)22-11-19(12-22)15-9-20-18(21-16(15)10-24-19)14-4-2-1-3-5-14/h1-5,9,13H,6-8,10-12H2. The maximum absolute atomic E-state index is 12.2. The van der Waals surface area contributed by atoms with Crippen molar-refractivity contribution in [3.63, 3.8) is 0 Å². The van der Waals surface area contributed by atoms with Gasteiger partial charge in [0.25, 0.3) is 0 Å². The molecule has 0 unspecified atom stereocenters. The predicted octanol–water partition coefficient (Wildman–Crippen LogP) is 2.51. The first-order chi connectivity index (χ1) is 11.7. The van der Waals surface area contributed by atoms with Crippen molar-refractivity contribution in [2.75, 3.05) is 13.1 Å². The van der Waals surface area contributed by atoms with Gasteiger partial charge < -0.3 is 9.64 Å². The monoisotopic (exact) mass is 321 g/mol. The number of fused-ring (bicyclic) bond motifs is 2. The van der Waals surface area contributed by atoms with Crippen LogP contribution in [0.15, 0.2) is 36.5 Å². The molecular formula is C19H19N3O2. The van der Waals surface area contributed by atoms with E-state index in [1.807, 2.05) is 41.4 Å². The molecule has 3 aliphatic rings. The van der Waals surface area contributed by atoms with E-state index in [0.29, 0.717) is 32.0 Å². The molecule has 1 saturated carbocycles. The molecule has 0 N–H and O–H groups in total. The van der Waals surface area contributed by atoms with Crippen LogP contribution in [0.1, 0.15) is 30.5 Å². The molecular weight excluding hydrogens is 302 g/mol.